The van der Waals surface area contributed by atoms with Gasteiger partial charge in [0.25, 0.3) is 0 Å². The summed E-state index contributed by atoms with van der Waals surface area (Å²) in [6.45, 7) is 3.89. The molecule has 3 aromatic carbocycles. The molecule has 0 saturated heterocycles. The van der Waals surface area contributed by atoms with Crippen molar-refractivity contribution in [3.63, 3.8) is 0 Å². The van der Waals surface area contributed by atoms with Crippen molar-refractivity contribution in [2.24, 2.45) is 0 Å². The lowest BCUT2D eigenvalue weighted by atomic mass is 9.95. The molecule has 0 amide bonds. The van der Waals surface area contributed by atoms with E-state index in [0.29, 0.717) is 23.2 Å². The molecule has 4 heteroatoms. The van der Waals surface area contributed by atoms with Crippen molar-refractivity contribution in [1.82, 2.24) is 0 Å². The maximum atomic E-state index is 13.4. The lowest BCUT2D eigenvalue weighted by molar-refractivity contribution is 0.549. The van der Waals surface area contributed by atoms with E-state index in [1.807, 2.05) is 50.2 Å². The summed E-state index contributed by atoms with van der Waals surface area (Å²) >= 11 is 0. The molecule has 0 aliphatic heterocycles. The molecule has 0 radical (unpaired) electrons. The number of aryl methyl sites for hydroxylation is 2. The SMILES string of the molecule is Cc1cc2oc(=O)c(Cc3ccccc3)c(C)c2c2occ(-c3ccc(F)cc3)c12. The molecule has 0 saturated carbocycles. The first kappa shape index (κ1) is 18.4. The van der Waals surface area contributed by atoms with Crippen LogP contribution in [-0.2, 0) is 6.42 Å². The van der Waals surface area contributed by atoms with Crippen LogP contribution >= 0.6 is 0 Å². The fourth-order valence-electron chi connectivity index (χ4n) is 4.13. The van der Waals surface area contributed by atoms with E-state index in [4.69, 9.17) is 8.83 Å². The topological polar surface area (TPSA) is 43.4 Å². The molecule has 0 spiro atoms. The third-order valence-electron chi connectivity index (χ3n) is 5.66. The van der Waals surface area contributed by atoms with Crippen LogP contribution < -0.4 is 5.63 Å². The standard InChI is InChI=1S/C26H19FO3/c1-15-12-22-24(16(2)20(26(28)30-22)13-17-6-4-3-5-7-17)25-23(15)21(14-29-25)18-8-10-19(27)11-9-18/h3-12,14H,13H2,1-2H3. The second-order valence-electron chi connectivity index (χ2n) is 7.58. The number of furan rings is 1. The summed E-state index contributed by atoms with van der Waals surface area (Å²) in [5, 5.41) is 1.74. The molecule has 5 aromatic rings. The lowest BCUT2D eigenvalue weighted by Crippen LogP contribution is -2.11. The van der Waals surface area contributed by atoms with Gasteiger partial charge in [-0.2, -0.15) is 0 Å². The molecule has 2 aromatic heterocycles. The molecule has 5 rings (SSSR count). The number of benzene rings is 3. The molecular weight excluding hydrogens is 379 g/mol. The van der Waals surface area contributed by atoms with Gasteiger partial charge in [-0.3, -0.25) is 0 Å². The highest BCUT2D eigenvalue weighted by molar-refractivity contribution is 6.10. The van der Waals surface area contributed by atoms with Crippen molar-refractivity contribution in [3.8, 4) is 11.1 Å². The van der Waals surface area contributed by atoms with Crippen LogP contribution in [0.3, 0.4) is 0 Å². The quantitative estimate of drug-likeness (QED) is 0.324. The molecule has 0 atom stereocenters. The van der Waals surface area contributed by atoms with Gasteiger partial charge in [-0.25, -0.2) is 9.18 Å². The van der Waals surface area contributed by atoms with E-state index in [-0.39, 0.29) is 11.4 Å². The number of fused-ring (bicyclic) bond motifs is 3. The van der Waals surface area contributed by atoms with Gasteiger partial charge in [0, 0.05) is 22.9 Å². The van der Waals surface area contributed by atoms with Crippen molar-refractivity contribution in [3.05, 3.63) is 105 Å². The summed E-state index contributed by atoms with van der Waals surface area (Å²) in [5.74, 6) is -0.281. The van der Waals surface area contributed by atoms with E-state index in [0.717, 1.165) is 38.6 Å². The predicted octanol–water partition coefficient (Wildman–Crippen LogP) is 6.55. The average Bonchev–Trinajstić information content (AvgIpc) is 3.18. The summed E-state index contributed by atoms with van der Waals surface area (Å²) in [5.41, 5.74) is 6.09. The zero-order valence-corrected chi connectivity index (χ0v) is 16.7. The van der Waals surface area contributed by atoms with Gasteiger partial charge in [0.2, 0.25) is 0 Å². The van der Waals surface area contributed by atoms with Gasteiger partial charge >= 0.3 is 5.63 Å². The summed E-state index contributed by atoms with van der Waals surface area (Å²) in [6, 6.07) is 18.1. The Kier molecular flexibility index (Phi) is 4.28. The Balaban J connectivity index is 1.77. The second-order valence-corrected chi connectivity index (χ2v) is 7.58. The van der Waals surface area contributed by atoms with Gasteiger partial charge in [0.05, 0.1) is 11.6 Å². The smallest absolute Gasteiger partial charge is 0.340 e. The first-order chi connectivity index (χ1) is 14.5. The van der Waals surface area contributed by atoms with E-state index < -0.39 is 0 Å². The molecule has 148 valence electrons. The molecule has 0 aliphatic carbocycles. The summed E-state index contributed by atoms with van der Waals surface area (Å²) < 4.78 is 25.1. The van der Waals surface area contributed by atoms with E-state index in [9.17, 15) is 9.18 Å². The third-order valence-corrected chi connectivity index (χ3v) is 5.66. The Morgan fingerprint density at radius 2 is 1.67 bits per heavy atom. The summed E-state index contributed by atoms with van der Waals surface area (Å²) in [4.78, 5) is 12.7. The van der Waals surface area contributed by atoms with Crippen LogP contribution in [0.15, 0.2) is 80.6 Å². The van der Waals surface area contributed by atoms with Crippen LogP contribution in [0.25, 0.3) is 33.1 Å². The molecule has 3 nitrogen and oxygen atoms in total. The van der Waals surface area contributed by atoms with Gasteiger partial charge in [0.15, 0.2) is 0 Å². The fourth-order valence-corrected chi connectivity index (χ4v) is 4.13. The van der Waals surface area contributed by atoms with Crippen LogP contribution in [0.1, 0.15) is 22.3 Å². The van der Waals surface area contributed by atoms with Crippen LogP contribution in [-0.4, -0.2) is 0 Å². The van der Waals surface area contributed by atoms with Crippen LogP contribution in [0, 0.1) is 19.7 Å². The molecule has 0 N–H and O–H groups in total. The van der Waals surface area contributed by atoms with E-state index in [1.54, 1.807) is 18.4 Å². The normalized spacial score (nSPS) is 11.4. The van der Waals surface area contributed by atoms with Crippen LogP contribution in [0.4, 0.5) is 4.39 Å². The molecule has 0 aliphatic rings. The van der Waals surface area contributed by atoms with Gasteiger partial charge in [0.1, 0.15) is 17.0 Å². The maximum Gasteiger partial charge on any atom is 0.340 e. The van der Waals surface area contributed by atoms with Crippen molar-refractivity contribution in [2.75, 3.05) is 0 Å². The largest absolute Gasteiger partial charge is 0.463 e. The minimum atomic E-state index is -0.326. The third kappa shape index (κ3) is 2.92. The van der Waals surface area contributed by atoms with Crippen molar-refractivity contribution in [1.29, 1.82) is 0 Å². The Bertz CT molecular complexity index is 1440. The number of hydrogen-bond acceptors (Lipinski definition) is 3. The average molecular weight is 398 g/mol. The highest BCUT2D eigenvalue weighted by Gasteiger charge is 2.20. The molecule has 30 heavy (non-hydrogen) atoms. The monoisotopic (exact) mass is 398 g/mol. The van der Waals surface area contributed by atoms with E-state index in [2.05, 4.69) is 0 Å². The Labute approximate surface area is 172 Å². The minimum Gasteiger partial charge on any atom is -0.463 e. The second kappa shape index (κ2) is 6.99. The Morgan fingerprint density at radius 1 is 0.933 bits per heavy atom. The van der Waals surface area contributed by atoms with E-state index in [1.165, 1.54) is 12.1 Å². The van der Waals surface area contributed by atoms with Gasteiger partial charge < -0.3 is 8.83 Å². The molecular formula is C26H19FO3. The maximum absolute atomic E-state index is 13.4. The van der Waals surface area contributed by atoms with Gasteiger partial charge in [-0.05, 0) is 54.3 Å². The predicted molar refractivity (Wildman–Crippen MR) is 116 cm³/mol. The van der Waals surface area contributed by atoms with E-state index >= 15 is 0 Å². The Morgan fingerprint density at radius 3 is 2.40 bits per heavy atom. The van der Waals surface area contributed by atoms with Gasteiger partial charge in [-0.1, -0.05) is 42.5 Å². The van der Waals surface area contributed by atoms with Crippen molar-refractivity contribution in [2.45, 2.75) is 20.3 Å². The van der Waals surface area contributed by atoms with Crippen molar-refractivity contribution >= 4 is 21.9 Å². The van der Waals surface area contributed by atoms with Crippen LogP contribution in [0.5, 0.6) is 0 Å². The molecule has 0 fully saturated rings. The van der Waals surface area contributed by atoms with Crippen molar-refractivity contribution < 1.29 is 13.2 Å². The first-order valence-corrected chi connectivity index (χ1v) is 9.80. The molecule has 0 bridgehead atoms. The molecule has 2 heterocycles. The highest BCUT2D eigenvalue weighted by atomic mass is 19.1. The summed E-state index contributed by atoms with van der Waals surface area (Å²) in [6.07, 6.45) is 2.18. The number of halogens is 1. The first-order valence-electron chi connectivity index (χ1n) is 9.80. The van der Waals surface area contributed by atoms with Gasteiger partial charge in [-0.15, -0.1) is 0 Å². The lowest BCUT2D eigenvalue weighted by Gasteiger charge is -2.10. The minimum absolute atomic E-state index is 0.281. The fraction of sp³-hybridized carbons (Fsp3) is 0.115. The Hall–Kier alpha value is -3.66. The molecule has 0 unspecified atom stereocenters. The number of rotatable bonds is 3. The van der Waals surface area contributed by atoms with Crippen LogP contribution in [0.2, 0.25) is 0 Å². The highest BCUT2D eigenvalue weighted by Crippen LogP contribution is 2.38. The zero-order valence-electron chi connectivity index (χ0n) is 16.7. The zero-order chi connectivity index (χ0) is 20.8. The summed E-state index contributed by atoms with van der Waals surface area (Å²) in [7, 11) is 0. The number of hydrogen-bond donors (Lipinski definition) is 0.